The number of nitrogens with zero attached hydrogens (tertiary/aromatic N) is 3. The van der Waals surface area contributed by atoms with Crippen molar-refractivity contribution in [3.05, 3.63) is 31.5 Å². The highest BCUT2D eigenvalue weighted by Crippen LogP contribution is 2.41. The minimum atomic E-state index is -0.893. The second kappa shape index (κ2) is 13.7. The highest BCUT2D eigenvalue weighted by Gasteiger charge is 2.47. The first-order chi connectivity index (χ1) is 22.7. The normalized spacial score (nSPS) is 33.1. The molecule has 9 unspecified atom stereocenters. The highest BCUT2D eigenvalue weighted by molar-refractivity contribution is 5.73. The van der Waals surface area contributed by atoms with E-state index in [2.05, 4.69) is 0 Å². The summed E-state index contributed by atoms with van der Waals surface area (Å²) in [6.45, 7) is -0.832. The minimum Gasteiger partial charge on any atom is -0.465 e. The number of carbonyl (C=O) groups is 3. The lowest BCUT2D eigenvalue weighted by atomic mass is 9.89. The number of ether oxygens (including phenoxy) is 6. The average Bonchev–Trinajstić information content (AvgIpc) is 3.95. The Hall–Kier alpha value is -3.30. The molecule has 258 valence electrons. The van der Waals surface area contributed by atoms with Crippen molar-refractivity contribution in [2.45, 2.75) is 127 Å². The molecule has 9 atom stereocenters. The molecule has 4 heterocycles. The maximum atomic E-state index is 13.4. The smallest absolute Gasteiger partial charge is 0.336 e. The molecule has 0 amide bonds. The molecule has 3 saturated carbocycles. The van der Waals surface area contributed by atoms with Crippen LogP contribution in [0.4, 0.5) is 0 Å². The predicted octanol–water partition coefficient (Wildman–Crippen LogP) is 0.284. The fourth-order valence-electron chi connectivity index (χ4n) is 7.51. The van der Waals surface area contributed by atoms with Gasteiger partial charge in [0.05, 0.1) is 68.2 Å². The lowest BCUT2D eigenvalue weighted by Gasteiger charge is -2.19. The third-order valence-corrected chi connectivity index (χ3v) is 10.5. The molecule has 0 aromatic carbocycles. The molecule has 15 heteroatoms. The summed E-state index contributed by atoms with van der Waals surface area (Å²) in [4.78, 5) is 77.9. The standard InChI is InChI=1S/C32H43N3O12/c36-27(44-17-18-3-6-21-24(14-18)45-21)2-1-9-33-30(39)34(10-12-42-28(37)19-4-7-22-25(15-19)46-22)32(41)35(31(33)40)11-13-43-29(38)20-5-8-23-26(16-20)47-23/h18-26H,1-17H2. The van der Waals surface area contributed by atoms with Gasteiger partial charge in [0.2, 0.25) is 0 Å². The first-order valence-corrected chi connectivity index (χ1v) is 17.1. The van der Waals surface area contributed by atoms with Crippen LogP contribution in [0.5, 0.6) is 0 Å². The number of carbonyl (C=O) groups excluding carboxylic acids is 3. The average molecular weight is 662 g/mol. The number of esters is 3. The zero-order valence-electron chi connectivity index (χ0n) is 26.5. The molecule has 0 spiro atoms. The van der Waals surface area contributed by atoms with Crippen molar-refractivity contribution in [3.8, 4) is 0 Å². The van der Waals surface area contributed by atoms with Gasteiger partial charge in [-0.25, -0.2) is 28.1 Å². The van der Waals surface area contributed by atoms with Gasteiger partial charge in [0, 0.05) is 13.0 Å². The molecule has 3 aliphatic heterocycles. The van der Waals surface area contributed by atoms with Gasteiger partial charge >= 0.3 is 35.0 Å². The second-order valence-corrected chi connectivity index (χ2v) is 13.8. The van der Waals surface area contributed by atoms with Crippen molar-refractivity contribution in [2.75, 3.05) is 19.8 Å². The maximum Gasteiger partial charge on any atom is 0.336 e. The summed E-state index contributed by atoms with van der Waals surface area (Å²) < 4.78 is 35.4. The zero-order chi connectivity index (χ0) is 32.7. The van der Waals surface area contributed by atoms with Crippen LogP contribution in [0.25, 0.3) is 0 Å². The molecule has 7 rings (SSSR count). The van der Waals surface area contributed by atoms with E-state index in [-0.39, 0.29) is 94.0 Å². The highest BCUT2D eigenvalue weighted by atomic mass is 16.6. The summed E-state index contributed by atoms with van der Waals surface area (Å²) in [6, 6.07) is 0. The fraction of sp³-hybridized carbons (Fsp3) is 0.812. The first kappa shape index (κ1) is 32.3. The van der Waals surface area contributed by atoms with Gasteiger partial charge in [-0.15, -0.1) is 0 Å². The quantitative estimate of drug-likeness (QED) is 0.151. The molecular weight excluding hydrogens is 618 g/mol. The Morgan fingerprint density at radius 3 is 1.53 bits per heavy atom. The Morgan fingerprint density at radius 1 is 0.574 bits per heavy atom. The molecule has 3 aliphatic carbocycles. The van der Waals surface area contributed by atoms with Gasteiger partial charge in [0.25, 0.3) is 0 Å². The van der Waals surface area contributed by atoms with Crippen LogP contribution in [-0.2, 0) is 62.4 Å². The van der Waals surface area contributed by atoms with Crippen molar-refractivity contribution in [3.63, 3.8) is 0 Å². The van der Waals surface area contributed by atoms with E-state index in [9.17, 15) is 28.8 Å². The van der Waals surface area contributed by atoms with Gasteiger partial charge in [-0.1, -0.05) is 0 Å². The Labute approximate surface area is 270 Å². The van der Waals surface area contributed by atoms with Crippen molar-refractivity contribution in [1.29, 1.82) is 0 Å². The summed E-state index contributed by atoms with van der Waals surface area (Å²) in [7, 11) is 0. The second-order valence-electron chi connectivity index (χ2n) is 13.8. The Balaban J connectivity index is 0.971. The SMILES string of the molecule is O=C(CCCn1c(=O)n(CCOC(=O)C2CCC3OC3C2)c(=O)n(CCOC(=O)C2CCC3OC3C2)c1=O)OCC1CCC2OC2C1. The van der Waals surface area contributed by atoms with Crippen LogP contribution >= 0.6 is 0 Å². The molecule has 15 nitrogen and oxygen atoms in total. The first-order valence-electron chi connectivity index (χ1n) is 17.1. The van der Waals surface area contributed by atoms with E-state index >= 15 is 0 Å². The molecule has 0 bridgehead atoms. The summed E-state index contributed by atoms with van der Waals surface area (Å²) >= 11 is 0. The molecule has 0 N–H and O–H groups in total. The van der Waals surface area contributed by atoms with Gasteiger partial charge < -0.3 is 28.4 Å². The Morgan fingerprint density at radius 2 is 1.04 bits per heavy atom. The molecule has 6 aliphatic rings. The third kappa shape index (κ3) is 7.56. The lowest BCUT2D eigenvalue weighted by molar-refractivity contribution is -0.150. The molecule has 6 fully saturated rings. The Kier molecular flexibility index (Phi) is 9.38. The lowest BCUT2D eigenvalue weighted by Crippen LogP contribution is -2.55. The van der Waals surface area contributed by atoms with Gasteiger partial charge in [0.1, 0.15) is 13.2 Å². The maximum absolute atomic E-state index is 13.4. The van der Waals surface area contributed by atoms with Crippen LogP contribution in [0.3, 0.4) is 0 Å². The van der Waals surface area contributed by atoms with Gasteiger partial charge in [-0.3, -0.25) is 14.4 Å². The number of hydrogen-bond donors (Lipinski definition) is 0. The molecule has 1 aromatic rings. The summed E-state index contributed by atoms with van der Waals surface area (Å²) in [5.74, 6) is -1.58. The monoisotopic (exact) mass is 661 g/mol. The van der Waals surface area contributed by atoms with E-state index in [1.54, 1.807) is 0 Å². The van der Waals surface area contributed by atoms with E-state index in [1.165, 1.54) is 0 Å². The van der Waals surface area contributed by atoms with Crippen LogP contribution in [-0.4, -0.2) is 88.1 Å². The molecule has 47 heavy (non-hydrogen) atoms. The summed E-state index contributed by atoms with van der Waals surface area (Å²) in [5.41, 5.74) is -2.63. The minimum absolute atomic E-state index is 0.0184. The largest absolute Gasteiger partial charge is 0.465 e. The van der Waals surface area contributed by atoms with Crippen LogP contribution in [0.2, 0.25) is 0 Å². The number of epoxide rings is 3. The molecule has 1 aromatic heterocycles. The number of hydrogen-bond acceptors (Lipinski definition) is 12. The van der Waals surface area contributed by atoms with E-state index in [1.807, 2.05) is 0 Å². The van der Waals surface area contributed by atoms with Crippen LogP contribution in [0, 0.1) is 17.8 Å². The van der Waals surface area contributed by atoms with Gasteiger partial charge in [-0.05, 0) is 70.1 Å². The van der Waals surface area contributed by atoms with Crippen molar-refractivity contribution in [1.82, 2.24) is 13.7 Å². The van der Waals surface area contributed by atoms with Crippen molar-refractivity contribution >= 4 is 17.9 Å². The van der Waals surface area contributed by atoms with Gasteiger partial charge in [-0.2, -0.15) is 0 Å². The molecule has 3 saturated heterocycles. The third-order valence-electron chi connectivity index (χ3n) is 10.5. The van der Waals surface area contributed by atoms with Crippen LogP contribution in [0.1, 0.15) is 70.6 Å². The number of fused-ring (bicyclic) bond motifs is 3. The van der Waals surface area contributed by atoms with E-state index < -0.39 is 35.0 Å². The molecular formula is C32H43N3O12. The topological polar surface area (TPSA) is 182 Å². The zero-order valence-corrected chi connectivity index (χ0v) is 26.5. The Bertz CT molecular complexity index is 1460. The summed E-state index contributed by atoms with van der Waals surface area (Å²) in [6.07, 6.45) is 8.30. The summed E-state index contributed by atoms with van der Waals surface area (Å²) in [5, 5.41) is 0. The van der Waals surface area contributed by atoms with Crippen LogP contribution < -0.4 is 17.1 Å². The van der Waals surface area contributed by atoms with Crippen molar-refractivity contribution in [2.24, 2.45) is 17.8 Å². The van der Waals surface area contributed by atoms with E-state index in [4.69, 9.17) is 28.4 Å². The number of aromatic nitrogens is 3. The van der Waals surface area contributed by atoms with E-state index in [0.717, 1.165) is 45.8 Å². The van der Waals surface area contributed by atoms with Crippen LogP contribution in [0.15, 0.2) is 14.4 Å². The van der Waals surface area contributed by atoms with Gasteiger partial charge in [0.15, 0.2) is 0 Å². The van der Waals surface area contributed by atoms with Crippen molar-refractivity contribution < 1.29 is 42.8 Å². The predicted molar refractivity (Wildman–Crippen MR) is 159 cm³/mol. The van der Waals surface area contributed by atoms with E-state index in [0.29, 0.717) is 38.4 Å². The molecule has 0 radical (unpaired) electrons. The number of rotatable bonds is 14. The fourth-order valence-corrected chi connectivity index (χ4v) is 7.51.